The standard InChI is InChI=1S/C16H28/c1-3-5-7-9-11-13-15-16-14-12-10-8-6-4-2/h3,5,7,9,11H,1,4,6,8,10,12-16H2,2H3. The normalized spacial score (nSPS) is 11.6. The molecule has 0 fully saturated rings. The Kier molecular flexibility index (Phi) is 13.5. The van der Waals surface area contributed by atoms with Gasteiger partial charge in [-0.25, -0.2) is 0 Å². The van der Waals surface area contributed by atoms with Gasteiger partial charge in [-0.2, -0.15) is 0 Å². The summed E-state index contributed by atoms with van der Waals surface area (Å²) in [6, 6.07) is 0. The van der Waals surface area contributed by atoms with E-state index in [2.05, 4.69) is 25.7 Å². The second-order valence-corrected chi connectivity index (χ2v) is 4.31. The SMILES string of the molecule is C=CC=CC=CCCCCCCCCCC. The van der Waals surface area contributed by atoms with E-state index in [4.69, 9.17) is 0 Å². The van der Waals surface area contributed by atoms with Crippen LogP contribution in [0, 0.1) is 0 Å². The lowest BCUT2D eigenvalue weighted by atomic mass is 10.1. The molecule has 0 aromatic rings. The Labute approximate surface area is 102 Å². The molecular formula is C16H28. The third kappa shape index (κ3) is 13.2. The molecule has 0 amide bonds. The highest BCUT2D eigenvalue weighted by Gasteiger charge is 1.89. The molecule has 0 aromatic carbocycles. The van der Waals surface area contributed by atoms with Crippen molar-refractivity contribution in [3.8, 4) is 0 Å². The molecule has 0 heterocycles. The van der Waals surface area contributed by atoms with E-state index in [0.717, 1.165) is 0 Å². The van der Waals surface area contributed by atoms with Gasteiger partial charge in [-0.05, 0) is 12.8 Å². The fraction of sp³-hybridized carbons (Fsp3) is 0.625. The van der Waals surface area contributed by atoms with Gasteiger partial charge in [0.25, 0.3) is 0 Å². The van der Waals surface area contributed by atoms with Crippen LogP contribution in [0.2, 0.25) is 0 Å². The molecule has 0 aliphatic rings. The van der Waals surface area contributed by atoms with E-state index in [0.29, 0.717) is 0 Å². The van der Waals surface area contributed by atoms with Gasteiger partial charge in [-0.15, -0.1) is 0 Å². The highest BCUT2D eigenvalue weighted by molar-refractivity contribution is 5.08. The van der Waals surface area contributed by atoms with Crippen molar-refractivity contribution in [1.29, 1.82) is 0 Å². The van der Waals surface area contributed by atoms with Crippen LogP contribution in [-0.2, 0) is 0 Å². The maximum atomic E-state index is 3.63. The maximum Gasteiger partial charge on any atom is -0.0348 e. The minimum Gasteiger partial charge on any atom is -0.0991 e. The van der Waals surface area contributed by atoms with Crippen LogP contribution in [0.4, 0.5) is 0 Å². The molecule has 0 aromatic heterocycles. The Morgan fingerprint density at radius 3 is 2.00 bits per heavy atom. The summed E-state index contributed by atoms with van der Waals surface area (Å²) in [4.78, 5) is 0. The van der Waals surface area contributed by atoms with Crippen LogP contribution in [0.1, 0.15) is 64.7 Å². The Balaban J connectivity index is 3.06. The van der Waals surface area contributed by atoms with Crippen molar-refractivity contribution in [3.63, 3.8) is 0 Å². The van der Waals surface area contributed by atoms with Crippen molar-refractivity contribution in [1.82, 2.24) is 0 Å². The van der Waals surface area contributed by atoms with Crippen molar-refractivity contribution < 1.29 is 0 Å². The average Bonchev–Trinajstić information content (AvgIpc) is 2.31. The Morgan fingerprint density at radius 1 is 0.750 bits per heavy atom. The lowest BCUT2D eigenvalue weighted by Crippen LogP contribution is -1.79. The van der Waals surface area contributed by atoms with Gasteiger partial charge in [0, 0.05) is 0 Å². The molecule has 0 N–H and O–H groups in total. The molecule has 0 saturated heterocycles. The lowest BCUT2D eigenvalue weighted by molar-refractivity contribution is 0.577. The lowest BCUT2D eigenvalue weighted by Gasteiger charge is -1.99. The summed E-state index contributed by atoms with van der Waals surface area (Å²) in [5.41, 5.74) is 0. The van der Waals surface area contributed by atoms with Gasteiger partial charge < -0.3 is 0 Å². The van der Waals surface area contributed by atoms with Crippen molar-refractivity contribution in [2.75, 3.05) is 0 Å². The predicted octanol–water partition coefficient (Wildman–Crippen LogP) is 5.82. The van der Waals surface area contributed by atoms with E-state index in [1.807, 2.05) is 12.2 Å². The van der Waals surface area contributed by atoms with Crippen molar-refractivity contribution in [2.24, 2.45) is 0 Å². The Bertz CT molecular complexity index is 186. The van der Waals surface area contributed by atoms with E-state index in [-0.39, 0.29) is 0 Å². The van der Waals surface area contributed by atoms with Gasteiger partial charge >= 0.3 is 0 Å². The zero-order valence-corrected chi connectivity index (χ0v) is 11.0. The van der Waals surface area contributed by atoms with Gasteiger partial charge in [0.1, 0.15) is 0 Å². The topological polar surface area (TPSA) is 0 Å². The van der Waals surface area contributed by atoms with Gasteiger partial charge in [0.15, 0.2) is 0 Å². The molecule has 0 atom stereocenters. The van der Waals surface area contributed by atoms with Crippen LogP contribution in [0.15, 0.2) is 37.0 Å². The van der Waals surface area contributed by atoms with E-state index in [9.17, 15) is 0 Å². The molecule has 16 heavy (non-hydrogen) atoms. The minimum absolute atomic E-state index is 1.22. The summed E-state index contributed by atoms with van der Waals surface area (Å²) in [7, 11) is 0. The van der Waals surface area contributed by atoms with Crippen LogP contribution in [0.3, 0.4) is 0 Å². The first-order valence-corrected chi connectivity index (χ1v) is 6.86. The minimum atomic E-state index is 1.22. The summed E-state index contributed by atoms with van der Waals surface area (Å²) in [5.74, 6) is 0. The highest BCUT2D eigenvalue weighted by Crippen LogP contribution is 2.09. The summed E-state index contributed by atoms with van der Waals surface area (Å²) in [6.07, 6.45) is 22.6. The van der Waals surface area contributed by atoms with Crippen LogP contribution < -0.4 is 0 Å². The molecule has 0 saturated carbocycles. The maximum absolute atomic E-state index is 3.63. The second kappa shape index (κ2) is 14.2. The molecule has 0 radical (unpaired) electrons. The third-order valence-electron chi connectivity index (χ3n) is 2.72. The number of hydrogen-bond acceptors (Lipinski definition) is 0. The van der Waals surface area contributed by atoms with Crippen LogP contribution >= 0.6 is 0 Å². The van der Waals surface area contributed by atoms with E-state index in [1.54, 1.807) is 6.08 Å². The van der Waals surface area contributed by atoms with Crippen molar-refractivity contribution >= 4 is 0 Å². The largest absolute Gasteiger partial charge is 0.0991 e. The van der Waals surface area contributed by atoms with E-state index >= 15 is 0 Å². The zero-order valence-electron chi connectivity index (χ0n) is 11.0. The highest BCUT2D eigenvalue weighted by atomic mass is 14.0. The molecule has 0 spiro atoms. The van der Waals surface area contributed by atoms with Gasteiger partial charge in [-0.3, -0.25) is 0 Å². The van der Waals surface area contributed by atoms with Crippen molar-refractivity contribution in [2.45, 2.75) is 64.7 Å². The molecular weight excluding hydrogens is 192 g/mol. The summed E-state index contributed by atoms with van der Waals surface area (Å²) in [6.45, 7) is 5.90. The molecule has 92 valence electrons. The molecule has 0 nitrogen and oxygen atoms in total. The van der Waals surface area contributed by atoms with Crippen LogP contribution in [0.5, 0.6) is 0 Å². The van der Waals surface area contributed by atoms with E-state index < -0.39 is 0 Å². The average molecular weight is 220 g/mol. The monoisotopic (exact) mass is 220 g/mol. The molecule has 0 rings (SSSR count). The molecule has 0 aliphatic carbocycles. The first-order chi connectivity index (χ1) is 7.91. The second-order valence-electron chi connectivity index (χ2n) is 4.31. The Morgan fingerprint density at radius 2 is 1.38 bits per heavy atom. The van der Waals surface area contributed by atoms with Gasteiger partial charge in [-0.1, -0.05) is 88.8 Å². The first-order valence-electron chi connectivity index (χ1n) is 6.86. The quantitative estimate of drug-likeness (QED) is 0.304. The zero-order chi connectivity index (χ0) is 11.9. The summed E-state index contributed by atoms with van der Waals surface area (Å²) in [5, 5.41) is 0. The van der Waals surface area contributed by atoms with Crippen LogP contribution in [-0.4, -0.2) is 0 Å². The number of rotatable bonds is 11. The predicted molar refractivity (Wildman–Crippen MR) is 75.7 cm³/mol. The summed E-state index contributed by atoms with van der Waals surface area (Å²) >= 11 is 0. The van der Waals surface area contributed by atoms with Gasteiger partial charge in [0.05, 0.1) is 0 Å². The number of allylic oxidation sites excluding steroid dienone is 5. The molecule has 0 bridgehead atoms. The Hall–Kier alpha value is -0.780. The number of unbranched alkanes of at least 4 members (excludes halogenated alkanes) is 8. The first kappa shape index (κ1) is 15.2. The third-order valence-corrected chi connectivity index (χ3v) is 2.72. The molecule has 0 heteroatoms. The fourth-order valence-electron chi connectivity index (χ4n) is 1.71. The van der Waals surface area contributed by atoms with E-state index in [1.165, 1.54) is 57.8 Å². The molecule has 0 aliphatic heterocycles. The van der Waals surface area contributed by atoms with Gasteiger partial charge in [0.2, 0.25) is 0 Å². The smallest absolute Gasteiger partial charge is 0.0348 e. The number of hydrogen-bond donors (Lipinski definition) is 0. The molecule has 0 unspecified atom stereocenters. The summed E-state index contributed by atoms with van der Waals surface area (Å²) < 4.78 is 0. The van der Waals surface area contributed by atoms with Crippen molar-refractivity contribution in [3.05, 3.63) is 37.0 Å². The van der Waals surface area contributed by atoms with Crippen LogP contribution in [0.25, 0.3) is 0 Å². The fourth-order valence-corrected chi connectivity index (χ4v) is 1.71.